The minimum atomic E-state index is -5.08. The number of halogens is 4. The highest BCUT2D eigenvalue weighted by molar-refractivity contribution is 7.19. The molecule has 0 aliphatic carbocycles. The average Bonchev–Trinajstić information content (AvgIpc) is 3.36. The number of aromatic amines is 1. The van der Waals surface area contributed by atoms with E-state index in [2.05, 4.69) is 44.3 Å². The van der Waals surface area contributed by atoms with Gasteiger partial charge in [-0.25, -0.2) is 4.79 Å². The summed E-state index contributed by atoms with van der Waals surface area (Å²) in [6.07, 6.45) is -0.113. The largest absolute Gasteiger partial charge is 0.490 e. The minimum Gasteiger partial charge on any atom is -0.475 e. The van der Waals surface area contributed by atoms with Crippen molar-refractivity contribution in [1.29, 1.82) is 0 Å². The summed E-state index contributed by atoms with van der Waals surface area (Å²) < 4.78 is 33.0. The molecule has 3 heterocycles. The van der Waals surface area contributed by atoms with Crippen molar-refractivity contribution in [3.63, 3.8) is 0 Å². The second kappa shape index (κ2) is 10.4. The number of carboxylic acids is 1. The van der Waals surface area contributed by atoms with E-state index in [-0.39, 0.29) is 0 Å². The van der Waals surface area contributed by atoms with Crippen molar-refractivity contribution in [3.8, 4) is 0 Å². The van der Waals surface area contributed by atoms with Gasteiger partial charge in [0.2, 0.25) is 0 Å². The number of piperazine rings is 1. The molecule has 1 saturated heterocycles. The van der Waals surface area contributed by atoms with Gasteiger partial charge in [-0.15, -0.1) is 11.3 Å². The van der Waals surface area contributed by atoms with Crippen molar-refractivity contribution < 1.29 is 23.1 Å². The molecule has 0 radical (unpaired) electrons. The lowest BCUT2D eigenvalue weighted by Gasteiger charge is -2.34. The smallest absolute Gasteiger partial charge is 0.475 e. The van der Waals surface area contributed by atoms with Gasteiger partial charge in [0, 0.05) is 60.4 Å². The molecule has 0 amide bonds. The normalized spacial score (nSPS) is 15.6. The number of hydrogen-bond donors (Lipinski definition) is 2. The van der Waals surface area contributed by atoms with Crippen LogP contribution in [0.4, 0.5) is 13.2 Å². The third kappa shape index (κ3) is 6.67. The molecule has 11 heteroatoms. The van der Waals surface area contributed by atoms with Gasteiger partial charge in [-0.05, 0) is 18.1 Å². The van der Waals surface area contributed by atoms with Gasteiger partial charge in [0.05, 0.1) is 11.2 Å². The zero-order chi connectivity index (χ0) is 22.4. The number of carboxylic acid groups (broad SMARTS) is 1. The Balaban J connectivity index is 0.000000339. The first-order chi connectivity index (χ1) is 14.7. The fraction of sp³-hybridized carbons (Fsp3) is 0.400. The minimum absolute atomic E-state index is 0.943. The van der Waals surface area contributed by atoms with Gasteiger partial charge >= 0.3 is 12.1 Å². The van der Waals surface area contributed by atoms with Crippen molar-refractivity contribution in [2.75, 3.05) is 32.7 Å². The zero-order valence-corrected chi connectivity index (χ0v) is 18.1. The number of aromatic nitrogens is 2. The van der Waals surface area contributed by atoms with Crippen LogP contribution in [0.5, 0.6) is 0 Å². The van der Waals surface area contributed by atoms with Gasteiger partial charge in [-0.2, -0.15) is 18.3 Å². The van der Waals surface area contributed by atoms with Crippen LogP contribution in [0.2, 0.25) is 5.02 Å². The van der Waals surface area contributed by atoms with E-state index in [1.165, 1.54) is 20.5 Å². The van der Waals surface area contributed by atoms with Crippen LogP contribution < -0.4 is 0 Å². The third-order valence-corrected chi connectivity index (χ3v) is 6.65. The molecule has 6 nitrogen and oxygen atoms in total. The maximum Gasteiger partial charge on any atom is 0.490 e. The Bertz CT molecular complexity index is 986. The number of fused-ring (bicyclic) bond motifs is 1. The second-order valence-electron chi connectivity index (χ2n) is 7.11. The molecule has 31 heavy (non-hydrogen) atoms. The van der Waals surface area contributed by atoms with Crippen molar-refractivity contribution in [2.45, 2.75) is 19.1 Å². The number of H-pyrrole nitrogens is 1. The number of hydrogen-bond acceptors (Lipinski definition) is 5. The lowest BCUT2D eigenvalue weighted by Crippen LogP contribution is -2.46. The highest BCUT2D eigenvalue weighted by Crippen LogP contribution is 2.36. The molecule has 2 N–H and O–H groups in total. The fourth-order valence-electron chi connectivity index (χ4n) is 3.24. The quantitative estimate of drug-likeness (QED) is 0.577. The van der Waals surface area contributed by atoms with E-state index >= 15 is 0 Å². The summed E-state index contributed by atoms with van der Waals surface area (Å²) in [5.74, 6) is -2.76. The summed E-state index contributed by atoms with van der Waals surface area (Å²) in [6.45, 7) is 6.54. The molecule has 0 bridgehead atoms. The van der Waals surface area contributed by atoms with Crippen LogP contribution in [-0.2, 0) is 17.8 Å². The molecule has 0 unspecified atom stereocenters. The van der Waals surface area contributed by atoms with E-state index in [1.54, 1.807) is 0 Å². The topological polar surface area (TPSA) is 72.5 Å². The molecule has 2 aromatic heterocycles. The summed E-state index contributed by atoms with van der Waals surface area (Å²) >= 11 is 8.41. The van der Waals surface area contributed by atoms with Gasteiger partial charge in [0.15, 0.2) is 0 Å². The Labute approximate surface area is 186 Å². The second-order valence-corrected chi connectivity index (χ2v) is 8.63. The summed E-state index contributed by atoms with van der Waals surface area (Å²) in [4.78, 5) is 15.2. The molecule has 1 aromatic carbocycles. The lowest BCUT2D eigenvalue weighted by atomic mass is 10.2. The maximum absolute atomic E-state index is 10.6. The van der Waals surface area contributed by atoms with Crippen molar-refractivity contribution >= 4 is 39.0 Å². The highest BCUT2D eigenvalue weighted by atomic mass is 35.5. The van der Waals surface area contributed by atoms with Crippen molar-refractivity contribution in [3.05, 3.63) is 52.1 Å². The summed E-state index contributed by atoms with van der Waals surface area (Å²) in [7, 11) is 0. The molecule has 168 valence electrons. The summed E-state index contributed by atoms with van der Waals surface area (Å²) in [5, 5.41) is 16.1. The van der Waals surface area contributed by atoms with Crippen LogP contribution in [0.15, 0.2) is 36.7 Å². The Kier molecular flexibility index (Phi) is 7.93. The zero-order valence-electron chi connectivity index (χ0n) is 16.5. The van der Waals surface area contributed by atoms with E-state index in [0.717, 1.165) is 50.7 Å². The van der Waals surface area contributed by atoms with Gasteiger partial charge in [-0.1, -0.05) is 29.8 Å². The number of carbonyl (C=O) groups is 1. The van der Waals surface area contributed by atoms with E-state index in [0.29, 0.717) is 0 Å². The molecule has 1 aliphatic rings. The third-order valence-electron chi connectivity index (χ3n) is 4.95. The summed E-state index contributed by atoms with van der Waals surface area (Å²) in [6, 6.07) is 8.41. The number of rotatable bonds is 5. The van der Waals surface area contributed by atoms with Crippen molar-refractivity contribution in [2.24, 2.45) is 0 Å². The van der Waals surface area contributed by atoms with E-state index in [4.69, 9.17) is 21.5 Å². The first-order valence-corrected chi connectivity index (χ1v) is 10.8. The van der Waals surface area contributed by atoms with Crippen LogP contribution in [0.25, 0.3) is 10.1 Å². The molecule has 0 atom stereocenters. The first kappa shape index (κ1) is 23.5. The van der Waals surface area contributed by atoms with Crippen LogP contribution >= 0.6 is 22.9 Å². The number of thiophene rings is 1. The van der Waals surface area contributed by atoms with E-state index in [1.807, 2.05) is 23.7 Å². The van der Waals surface area contributed by atoms with Crippen LogP contribution in [-0.4, -0.2) is 70.0 Å². The standard InChI is InChI=1S/C18H21ClN4S.C2HF3O2/c19-18-15-3-1-2-4-16(15)24-17(18)13-23-9-7-22(8-10-23)6-5-14-11-20-21-12-14;3-2(4,5)1(6)7/h1-4,11-12H,5-10,13H2,(H,20,21);(H,6,7). The van der Waals surface area contributed by atoms with Crippen LogP contribution in [0.1, 0.15) is 10.4 Å². The molecule has 0 spiro atoms. The number of alkyl halides is 3. The molecule has 4 rings (SSSR count). The Morgan fingerprint density at radius 1 is 1.19 bits per heavy atom. The SMILES string of the molecule is Clc1c(CN2CCN(CCc3cn[nH]c3)CC2)sc2ccccc12.O=C(O)C(F)(F)F. The van der Waals surface area contributed by atoms with E-state index in [9.17, 15) is 13.2 Å². The molecule has 0 saturated carbocycles. The highest BCUT2D eigenvalue weighted by Gasteiger charge is 2.38. The lowest BCUT2D eigenvalue weighted by molar-refractivity contribution is -0.192. The number of nitrogens with zero attached hydrogens (tertiary/aromatic N) is 3. The Morgan fingerprint density at radius 3 is 2.42 bits per heavy atom. The van der Waals surface area contributed by atoms with Gasteiger partial charge in [-0.3, -0.25) is 10.00 Å². The van der Waals surface area contributed by atoms with E-state index < -0.39 is 12.1 Å². The molecule has 1 fully saturated rings. The fourth-order valence-corrected chi connectivity index (χ4v) is 4.78. The molecule has 3 aromatic rings. The Morgan fingerprint density at radius 2 is 1.84 bits per heavy atom. The monoisotopic (exact) mass is 474 g/mol. The number of nitrogens with one attached hydrogen (secondary N) is 1. The number of aliphatic carboxylic acids is 1. The maximum atomic E-state index is 10.6. The Hall–Kier alpha value is -2.14. The predicted octanol–water partition coefficient (Wildman–Crippen LogP) is 4.27. The first-order valence-electron chi connectivity index (χ1n) is 9.62. The average molecular weight is 475 g/mol. The van der Waals surface area contributed by atoms with Crippen LogP contribution in [0.3, 0.4) is 0 Å². The van der Waals surface area contributed by atoms with Crippen LogP contribution in [0, 0.1) is 0 Å². The molecule has 1 aliphatic heterocycles. The predicted molar refractivity (Wildman–Crippen MR) is 115 cm³/mol. The molecular weight excluding hydrogens is 453 g/mol. The number of benzene rings is 1. The van der Waals surface area contributed by atoms with Gasteiger partial charge in [0.1, 0.15) is 0 Å². The van der Waals surface area contributed by atoms with Gasteiger partial charge < -0.3 is 10.0 Å². The van der Waals surface area contributed by atoms with Crippen molar-refractivity contribution in [1.82, 2.24) is 20.0 Å². The molecular formula is C20H22ClF3N4O2S. The summed E-state index contributed by atoms with van der Waals surface area (Å²) in [5.41, 5.74) is 1.29. The van der Waals surface area contributed by atoms with Gasteiger partial charge in [0.25, 0.3) is 0 Å².